The lowest BCUT2D eigenvalue weighted by Crippen LogP contribution is -2.38. The van der Waals surface area contributed by atoms with E-state index in [9.17, 15) is 0 Å². The predicted octanol–water partition coefficient (Wildman–Crippen LogP) is 5.40. The molecule has 1 aliphatic heterocycles. The first-order chi connectivity index (χ1) is 17.7. The number of fused-ring (bicyclic) bond motifs is 1. The van der Waals surface area contributed by atoms with Crippen molar-refractivity contribution < 1.29 is 14.2 Å². The van der Waals surface area contributed by atoms with Gasteiger partial charge in [0.05, 0.1) is 21.3 Å². The number of hydrogen-bond acceptors (Lipinski definition) is 7. The zero-order valence-corrected chi connectivity index (χ0v) is 21.0. The van der Waals surface area contributed by atoms with Gasteiger partial charge < -0.3 is 19.5 Å². The Labute approximate surface area is 212 Å². The van der Waals surface area contributed by atoms with Crippen LogP contribution in [0.4, 0.5) is 5.82 Å². The van der Waals surface area contributed by atoms with Crippen molar-refractivity contribution in [2.75, 3.05) is 39.7 Å². The number of piperidine rings is 1. The van der Waals surface area contributed by atoms with Crippen molar-refractivity contribution in [1.29, 1.82) is 0 Å². The van der Waals surface area contributed by atoms with Gasteiger partial charge in [-0.05, 0) is 73.0 Å². The molecule has 0 atom stereocenters. The molecule has 0 aliphatic carbocycles. The second-order valence-corrected chi connectivity index (χ2v) is 9.08. The fraction of sp³-hybridized carbons (Fsp3) is 0.310. The summed E-state index contributed by atoms with van der Waals surface area (Å²) in [6.45, 7) is 3.01. The Hall–Kier alpha value is -3.84. The Morgan fingerprint density at radius 2 is 1.36 bits per heavy atom. The van der Waals surface area contributed by atoms with Crippen LogP contribution in [0.3, 0.4) is 0 Å². The van der Waals surface area contributed by atoms with Gasteiger partial charge in [0, 0.05) is 42.0 Å². The first-order valence-electron chi connectivity index (χ1n) is 12.3. The van der Waals surface area contributed by atoms with E-state index in [1.807, 2.05) is 48.5 Å². The van der Waals surface area contributed by atoms with E-state index in [1.165, 1.54) is 5.56 Å². The lowest BCUT2D eigenvalue weighted by molar-refractivity contribution is 0.211. The summed E-state index contributed by atoms with van der Waals surface area (Å²) in [4.78, 5) is 2.50. The molecule has 0 unspecified atom stereocenters. The molecular formula is C29H32N4O3. The summed E-state index contributed by atoms with van der Waals surface area (Å²) in [7, 11) is 5.05. The lowest BCUT2D eigenvalue weighted by Gasteiger charge is -2.32. The minimum Gasteiger partial charge on any atom is -0.497 e. The van der Waals surface area contributed by atoms with Crippen molar-refractivity contribution in [3.05, 3.63) is 72.3 Å². The third-order valence-corrected chi connectivity index (χ3v) is 6.84. The van der Waals surface area contributed by atoms with Gasteiger partial charge in [-0.2, -0.15) is 0 Å². The van der Waals surface area contributed by atoms with E-state index >= 15 is 0 Å². The number of hydrogen-bond donors (Lipinski definition) is 1. The van der Waals surface area contributed by atoms with Crippen molar-refractivity contribution in [2.24, 2.45) is 0 Å². The van der Waals surface area contributed by atoms with Crippen molar-refractivity contribution in [2.45, 2.75) is 25.4 Å². The number of methoxy groups -OCH3 is 3. The highest BCUT2D eigenvalue weighted by Gasteiger charge is 2.21. The summed E-state index contributed by atoms with van der Waals surface area (Å²) in [6, 6.07) is 22.7. The molecule has 7 heteroatoms. The predicted molar refractivity (Wildman–Crippen MR) is 143 cm³/mol. The average Bonchev–Trinajstić information content (AvgIpc) is 2.94. The van der Waals surface area contributed by atoms with E-state index in [0.717, 1.165) is 77.6 Å². The van der Waals surface area contributed by atoms with Gasteiger partial charge in [0.1, 0.15) is 22.9 Å². The Balaban J connectivity index is 1.32. The molecule has 1 N–H and O–H groups in total. The van der Waals surface area contributed by atoms with Gasteiger partial charge in [-0.1, -0.05) is 12.1 Å². The molecule has 1 aromatic heterocycles. The van der Waals surface area contributed by atoms with Gasteiger partial charge in [-0.15, -0.1) is 10.2 Å². The van der Waals surface area contributed by atoms with Gasteiger partial charge >= 0.3 is 0 Å². The van der Waals surface area contributed by atoms with Crippen LogP contribution in [-0.2, 0) is 6.54 Å². The monoisotopic (exact) mass is 484 g/mol. The minimum atomic E-state index is 0.340. The lowest BCUT2D eigenvalue weighted by atomic mass is 10.0. The maximum absolute atomic E-state index is 5.52. The molecule has 1 fully saturated rings. The van der Waals surface area contributed by atoms with Crippen molar-refractivity contribution in [3.63, 3.8) is 0 Å². The Bertz CT molecular complexity index is 1300. The highest BCUT2D eigenvalue weighted by molar-refractivity contribution is 6.00. The summed E-state index contributed by atoms with van der Waals surface area (Å²) in [6.07, 6.45) is 2.09. The first kappa shape index (κ1) is 23.9. The van der Waals surface area contributed by atoms with E-state index < -0.39 is 0 Å². The molecular weight excluding hydrogens is 452 g/mol. The van der Waals surface area contributed by atoms with Crippen molar-refractivity contribution in [3.8, 4) is 28.5 Å². The maximum Gasteiger partial charge on any atom is 0.156 e. The van der Waals surface area contributed by atoms with Gasteiger partial charge in [0.25, 0.3) is 0 Å². The number of aromatic nitrogens is 2. The zero-order chi connectivity index (χ0) is 24.9. The Morgan fingerprint density at radius 3 is 2.00 bits per heavy atom. The van der Waals surface area contributed by atoms with E-state index in [1.54, 1.807) is 21.3 Å². The SMILES string of the molecule is COc1ccc(CN2CCC(Nc3nnc(-c4ccc(OC)cc4)c4ccc(OC)cc34)CC2)cc1. The fourth-order valence-electron chi connectivity index (χ4n) is 4.75. The second-order valence-electron chi connectivity index (χ2n) is 9.08. The Morgan fingerprint density at radius 1 is 0.750 bits per heavy atom. The summed E-state index contributed by atoms with van der Waals surface area (Å²) in [5.41, 5.74) is 3.15. The molecule has 4 aromatic rings. The zero-order valence-electron chi connectivity index (χ0n) is 21.0. The van der Waals surface area contributed by atoms with Crippen LogP contribution in [0.15, 0.2) is 66.7 Å². The summed E-state index contributed by atoms with van der Waals surface area (Å²) in [5.74, 6) is 3.31. The van der Waals surface area contributed by atoms with Crippen LogP contribution in [0.1, 0.15) is 18.4 Å². The van der Waals surface area contributed by atoms with Crippen LogP contribution in [0.5, 0.6) is 17.2 Å². The average molecular weight is 485 g/mol. The van der Waals surface area contributed by atoms with Crippen LogP contribution >= 0.6 is 0 Å². The minimum absolute atomic E-state index is 0.340. The third kappa shape index (κ3) is 5.21. The van der Waals surface area contributed by atoms with Gasteiger partial charge in [0.15, 0.2) is 5.82 Å². The van der Waals surface area contributed by atoms with E-state index in [0.29, 0.717) is 6.04 Å². The standard InChI is InChI=1S/C29H32N4O3/c1-34-23-8-4-20(5-9-23)19-33-16-14-22(15-17-33)30-29-27-18-25(36-3)12-13-26(27)28(31-32-29)21-6-10-24(35-2)11-7-21/h4-13,18,22H,14-17,19H2,1-3H3,(H,30,32). The molecule has 2 heterocycles. The van der Waals surface area contributed by atoms with Crippen LogP contribution in [0.25, 0.3) is 22.0 Å². The number of likely N-dealkylation sites (tertiary alicyclic amines) is 1. The Kier molecular flexibility index (Phi) is 7.18. The van der Waals surface area contributed by atoms with Crippen LogP contribution < -0.4 is 19.5 Å². The van der Waals surface area contributed by atoms with Crippen LogP contribution in [0, 0.1) is 0 Å². The number of nitrogens with zero attached hydrogens (tertiary/aromatic N) is 3. The summed E-state index contributed by atoms with van der Waals surface area (Å²) in [5, 5.41) is 15.0. The molecule has 1 aliphatic rings. The molecule has 186 valence electrons. The molecule has 0 amide bonds. The highest BCUT2D eigenvalue weighted by atomic mass is 16.5. The molecule has 1 saturated heterocycles. The quantitative estimate of drug-likeness (QED) is 0.359. The fourth-order valence-corrected chi connectivity index (χ4v) is 4.75. The molecule has 7 nitrogen and oxygen atoms in total. The van der Waals surface area contributed by atoms with Gasteiger partial charge in [-0.25, -0.2) is 0 Å². The number of anilines is 1. The van der Waals surface area contributed by atoms with Crippen LogP contribution in [0.2, 0.25) is 0 Å². The second kappa shape index (κ2) is 10.8. The summed E-state index contributed by atoms with van der Waals surface area (Å²) >= 11 is 0. The van der Waals surface area contributed by atoms with E-state index in [4.69, 9.17) is 14.2 Å². The molecule has 0 saturated carbocycles. The van der Waals surface area contributed by atoms with E-state index in [-0.39, 0.29) is 0 Å². The van der Waals surface area contributed by atoms with Crippen molar-refractivity contribution >= 4 is 16.6 Å². The van der Waals surface area contributed by atoms with Gasteiger partial charge in [-0.3, -0.25) is 4.90 Å². The topological polar surface area (TPSA) is 68.7 Å². The van der Waals surface area contributed by atoms with Gasteiger partial charge in [0.2, 0.25) is 0 Å². The summed E-state index contributed by atoms with van der Waals surface area (Å²) < 4.78 is 16.1. The largest absolute Gasteiger partial charge is 0.497 e. The number of benzene rings is 3. The van der Waals surface area contributed by atoms with Crippen molar-refractivity contribution in [1.82, 2.24) is 15.1 Å². The molecule has 36 heavy (non-hydrogen) atoms. The number of ether oxygens (including phenoxy) is 3. The highest BCUT2D eigenvalue weighted by Crippen LogP contribution is 2.34. The van der Waals surface area contributed by atoms with Crippen LogP contribution in [-0.4, -0.2) is 55.6 Å². The molecule has 0 bridgehead atoms. The number of nitrogens with one attached hydrogen (secondary N) is 1. The maximum atomic E-state index is 5.52. The smallest absolute Gasteiger partial charge is 0.156 e. The third-order valence-electron chi connectivity index (χ3n) is 6.84. The van der Waals surface area contributed by atoms with E-state index in [2.05, 4.69) is 38.6 Å². The molecule has 3 aromatic carbocycles. The molecule has 0 radical (unpaired) electrons. The molecule has 0 spiro atoms. The molecule has 5 rings (SSSR count). The number of rotatable bonds is 8. The first-order valence-corrected chi connectivity index (χ1v) is 12.3. The normalized spacial score (nSPS) is 14.5.